The standard InChI is InChI=1S/C19H28N2O2/c1-4-15(3)20-18(22)13-16-9-11-21(12-10-16)19(23)17-7-5-14(2)6-8-17/h5-8,15-16H,4,9-13H2,1-3H3,(H,20,22). The summed E-state index contributed by atoms with van der Waals surface area (Å²) in [5.74, 6) is 0.635. The first kappa shape index (κ1) is 17.5. The van der Waals surface area contributed by atoms with Crippen LogP contribution in [-0.4, -0.2) is 35.8 Å². The van der Waals surface area contributed by atoms with Gasteiger partial charge in [0.25, 0.3) is 5.91 Å². The molecule has 1 aliphatic heterocycles. The quantitative estimate of drug-likeness (QED) is 0.907. The number of carbonyl (C=O) groups is 2. The Morgan fingerprint density at radius 3 is 2.39 bits per heavy atom. The van der Waals surface area contributed by atoms with Crippen LogP contribution in [0.5, 0.6) is 0 Å². The molecule has 1 fully saturated rings. The summed E-state index contributed by atoms with van der Waals surface area (Å²) >= 11 is 0. The summed E-state index contributed by atoms with van der Waals surface area (Å²) < 4.78 is 0. The van der Waals surface area contributed by atoms with E-state index in [1.54, 1.807) is 0 Å². The number of benzene rings is 1. The Hall–Kier alpha value is -1.84. The Bertz CT molecular complexity index is 531. The molecule has 0 bridgehead atoms. The van der Waals surface area contributed by atoms with Gasteiger partial charge in [0.15, 0.2) is 0 Å². The normalized spacial score (nSPS) is 16.9. The maximum atomic E-state index is 12.5. The number of rotatable bonds is 5. The molecule has 1 atom stereocenters. The molecule has 1 aliphatic rings. The highest BCUT2D eigenvalue weighted by atomic mass is 16.2. The molecule has 1 aromatic rings. The average Bonchev–Trinajstić information content (AvgIpc) is 2.55. The van der Waals surface area contributed by atoms with E-state index in [-0.39, 0.29) is 17.9 Å². The summed E-state index contributed by atoms with van der Waals surface area (Å²) in [5.41, 5.74) is 1.91. The number of amides is 2. The number of carbonyl (C=O) groups excluding carboxylic acids is 2. The lowest BCUT2D eigenvalue weighted by Gasteiger charge is -2.32. The van der Waals surface area contributed by atoms with Gasteiger partial charge in [0.05, 0.1) is 0 Å². The predicted molar refractivity (Wildman–Crippen MR) is 92.3 cm³/mol. The van der Waals surface area contributed by atoms with Gasteiger partial charge in [-0.3, -0.25) is 9.59 Å². The summed E-state index contributed by atoms with van der Waals surface area (Å²) in [6, 6.07) is 7.97. The lowest BCUT2D eigenvalue weighted by molar-refractivity contribution is -0.122. The molecular formula is C19H28N2O2. The van der Waals surface area contributed by atoms with Gasteiger partial charge < -0.3 is 10.2 Å². The third-order valence-corrected chi connectivity index (χ3v) is 4.69. The number of nitrogens with zero attached hydrogens (tertiary/aromatic N) is 1. The van der Waals surface area contributed by atoms with E-state index >= 15 is 0 Å². The molecule has 1 unspecified atom stereocenters. The fraction of sp³-hybridized carbons (Fsp3) is 0.579. The van der Waals surface area contributed by atoms with Crippen molar-refractivity contribution >= 4 is 11.8 Å². The molecule has 2 rings (SSSR count). The van der Waals surface area contributed by atoms with E-state index in [0.717, 1.165) is 43.5 Å². The molecule has 0 radical (unpaired) electrons. The molecule has 1 N–H and O–H groups in total. The van der Waals surface area contributed by atoms with Gasteiger partial charge in [0.2, 0.25) is 5.91 Å². The molecule has 0 saturated carbocycles. The summed E-state index contributed by atoms with van der Waals surface area (Å²) in [6.45, 7) is 7.60. The lowest BCUT2D eigenvalue weighted by atomic mass is 9.92. The van der Waals surface area contributed by atoms with Crippen molar-refractivity contribution in [1.82, 2.24) is 10.2 Å². The maximum absolute atomic E-state index is 12.5. The van der Waals surface area contributed by atoms with Crippen molar-refractivity contribution in [1.29, 1.82) is 0 Å². The van der Waals surface area contributed by atoms with Gasteiger partial charge in [-0.25, -0.2) is 0 Å². The zero-order valence-electron chi connectivity index (χ0n) is 14.5. The third kappa shape index (κ3) is 5.08. The Kier molecular flexibility index (Phi) is 6.20. The van der Waals surface area contributed by atoms with Gasteiger partial charge >= 0.3 is 0 Å². The van der Waals surface area contributed by atoms with Crippen molar-refractivity contribution in [3.05, 3.63) is 35.4 Å². The zero-order valence-corrected chi connectivity index (χ0v) is 14.5. The van der Waals surface area contributed by atoms with E-state index in [1.165, 1.54) is 0 Å². The zero-order chi connectivity index (χ0) is 16.8. The second kappa shape index (κ2) is 8.14. The first-order chi connectivity index (χ1) is 11.0. The molecule has 4 heteroatoms. The van der Waals surface area contributed by atoms with Gasteiger partial charge in [-0.05, 0) is 51.2 Å². The minimum Gasteiger partial charge on any atom is -0.354 e. The van der Waals surface area contributed by atoms with Crippen LogP contribution in [0.2, 0.25) is 0 Å². The molecule has 4 nitrogen and oxygen atoms in total. The Balaban J connectivity index is 1.80. The fourth-order valence-corrected chi connectivity index (χ4v) is 2.92. The Morgan fingerprint density at radius 1 is 1.22 bits per heavy atom. The number of piperidine rings is 1. The monoisotopic (exact) mass is 316 g/mol. The van der Waals surface area contributed by atoms with Crippen LogP contribution < -0.4 is 5.32 Å². The Labute approximate surface area is 139 Å². The molecule has 1 aromatic carbocycles. The summed E-state index contributed by atoms with van der Waals surface area (Å²) in [5, 5.41) is 3.02. The topological polar surface area (TPSA) is 49.4 Å². The van der Waals surface area contributed by atoms with Gasteiger partial charge in [-0.15, -0.1) is 0 Å². The van der Waals surface area contributed by atoms with Gasteiger partial charge in [0, 0.05) is 31.1 Å². The molecule has 1 saturated heterocycles. The highest BCUT2D eigenvalue weighted by molar-refractivity contribution is 5.94. The summed E-state index contributed by atoms with van der Waals surface area (Å²) in [7, 11) is 0. The first-order valence-electron chi connectivity index (χ1n) is 8.65. The van der Waals surface area contributed by atoms with Crippen LogP contribution in [0.4, 0.5) is 0 Å². The van der Waals surface area contributed by atoms with Crippen LogP contribution in [0.1, 0.15) is 55.5 Å². The van der Waals surface area contributed by atoms with Crippen LogP contribution in [-0.2, 0) is 4.79 Å². The number of likely N-dealkylation sites (tertiary alicyclic amines) is 1. The smallest absolute Gasteiger partial charge is 0.253 e. The van der Waals surface area contributed by atoms with E-state index in [0.29, 0.717) is 12.3 Å². The second-order valence-corrected chi connectivity index (χ2v) is 6.68. The van der Waals surface area contributed by atoms with Crippen LogP contribution in [0.25, 0.3) is 0 Å². The van der Waals surface area contributed by atoms with E-state index in [9.17, 15) is 9.59 Å². The molecular weight excluding hydrogens is 288 g/mol. The molecule has 1 heterocycles. The number of aryl methyl sites for hydroxylation is 1. The van der Waals surface area contributed by atoms with Crippen LogP contribution in [0.15, 0.2) is 24.3 Å². The highest BCUT2D eigenvalue weighted by Gasteiger charge is 2.25. The largest absolute Gasteiger partial charge is 0.354 e. The van der Waals surface area contributed by atoms with E-state index in [2.05, 4.69) is 12.2 Å². The summed E-state index contributed by atoms with van der Waals surface area (Å²) in [6.07, 6.45) is 3.35. The van der Waals surface area contributed by atoms with Crippen molar-refractivity contribution in [3.63, 3.8) is 0 Å². The minimum atomic E-state index is 0.104. The lowest BCUT2D eigenvalue weighted by Crippen LogP contribution is -2.40. The SMILES string of the molecule is CCC(C)NC(=O)CC1CCN(C(=O)c2ccc(C)cc2)CC1. The van der Waals surface area contributed by atoms with Crippen LogP contribution in [0.3, 0.4) is 0 Å². The summed E-state index contributed by atoms with van der Waals surface area (Å²) in [4.78, 5) is 26.3. The van der Waals surface area contributed by atoms with Crippen LogP contribution >= 0.6 is 0 Å². The Morgan fingerprint density at radius 2 is 1.83 bits per heavy atom. The van der Waals surface area contributed by atoms with E-state index in [1.807, 2.05) is 43.0 Å². The van der Waals surface area contributed by atoms with Gasteiger partial charge in [-0.1, -0.05) is 24.6 Å². The molecule has 0 aromatic heterocycles. The minimum absolute atomic E-state index is 0.104. The fourth-order valence-electron chi connectivity index (χ4n) is 2.92. The second-order valence-electron chi connectivity index (χ2n) is 6.68. The number of hydrogen-bond acceptors (Lipinski definition) is 2. The van der Waals surface area contributed by atoms with Crippen molar-refractivity contribution in [3.8, 4) is 0 Å². The van der Waals surface area contributed by atoms with E-state index in [4.69, 9.17) is 0 Å². The van der Waals surface area contributed by atoms with Crippen LogP contribution in [0, 0.1) is 12.8 Å². The molecule has 0 aliphatic carbocycles. The van der Waals surface area contributed by atoms with Crippen molar-refractivity contribution < 1.29 is 9.59 Å². The highest BCUT2D eigenvalue weighted by Crippen LogP contribution is 2.22. The molecule has 23 heavy (non-hydrogen) atoms. The predicted octanol–water partition coefficient (Wildman–Crippen LogP) is 3.15. The third-order valence-electron chi connectivity index (χ3n) is 4.69. The number of nitrogens with one attached hydrogen (secondary N) is 1. The average molecular weight is 316 g/mol. The molecule has 126 valence electrons. The van der Waals surface area contributed by atoms with Crippen molar-refractivity contribution in [2.75, 3.05) is 13.1 Å². The van der Waals surface area contributed by atoms with E-state index < -0.39 is 0 Å². The van der Waals surface area contributed by atoms with Crippen molar-refractivity contribution in [2.24, 2.45) is 5.92 Å². The van der Waals surface area contributed by atoms with Crippen molar-refractivity contribution in [2.45, 2.75) is 52.5 Å². The molecule has 2 amide bonds. The van der Waals surface area contributed by atoms with Gasteiger partial charge in [-0.2, -0.15) is 0 Å². The number of hydrogen-bond donors (Lipinski definition) is 1. The first-order valence-corrected chi connectivity index (χ1v) is 8.65. The van der Waals surface area contributed by atoms with Gasteiger partial charge in [0.1, 0.15) is 0 Å². The maximum Gasteiger partial charge on any atom is 0.253 e. The molecule has 0 spiro atoms.